The fraction of sp³-hybridized carbons (Fsp3) is 0.800. The van der Waals surface area contributed by atoms with Gasteiger partial charge in [0.15, 0.2) is 0 Å². The highest BCUT2D eigenvalue weighted by atomic mass is 17.7. The zero-order chi connectivity index (χ0) is 14.4. The Morgan fingerprint density at radius 2 is 0.944 bits per heavy atom. The Kier molecular flexibility index (Phi) is 5.86. The van der Waals surface area contributed by atoms with Crippen molar-refractivity contribution in [3.63, 3.8) is 0 Å². The van der Waals surface area contributed by atoms with E-state index in [1.165, 1.54) is 0 Å². The van der Waals surface area contributed by atoms with E-state index >= 15 is 0 Å². The molecule has 0 N–H and O–H groups in total. The molecule has 0 spiro atoms. The molecule has 106 valence electrons. The number of hydrogen-bond donors (Lipinski definition) is 0. The molecule has 0 atom stereocenters. The normalized spacial score (nSPS) is 11.7. The van der Waals surface area contributed by atoms with Crippen LogP contribution in [0.15, 0.2) is 0 Å². The number of hydrogen-bond acceptors (Lipinski definition) is 8. The third-order valence-electron chi connectivity index (χ3n) is 1.01. The van der Waals surface area contributed by atoms with Crippen LogP contribution in [0.5, 0.6) is 0 Å². The summed E-state index contributed by atoms with van der Waals surface area (Å²) in [5.74, 6) is 0. The Morgan fingerprint density at radius 1 is 0.667 bits per heavy atom. The minimum absolute atomic E-state index is 0.744. The van der Waals surface area contributed by atoms with Gasteiger partial charge in [-0.05, 0) is 41.5 Å². The lowest BCUT2D eigenvalue weighted by molar-refractivity contribution is -0.601. The topological polar surface area (TPSA) is 89.5 Å². The summed E-state index contributed by atoms with van der Waals surface area (Å²) >= 11 is 0. The van der Waals surface area contributed by atoms with Gasteiger partial charge in [-0.25, -0.2) is 19.4 Å². The van der Waals surface area contributed by atoms with Gasteiger partial charge in [-0.1, -0.05) is 0 Å². The van der Waals surface area contributed by atoms with E-state index in [1.54, 1.807) is 41.5 Å². The molecule has 0 aromatic rings. The molecule has 0 aromatic carbocycles. The van der Waals surface area contributed by atoms with Gasteiger partial charge in [-0.15, -0.1) is 0 Å². The Labute approximate surface area is 105 Å². The van der Waals surface area contributed by atoms with Gasteiger partial charge >= 0.3 is 12.3 Å². The molecule has 8 nitrogen and oxygen atoms in total. The molecule has 0 fully saturated rings. The van der Waals surface area contributed by atoms with Crippen LogP contribution in [0.4, 0.5) is 9.59 Å². The van der Waals surface area contributed by atoms with Gasteiger partial charge in [0.25, 0.3) is 0 Å². The standard InChI is InChI=1S/C10H18O8/c1-9(2,3)13-7(11)15-17-18-16-8(12)14-10(4,5)6/h1-6H3. The number of carbonyl (C=O) groups excluding carboxylic acids is 2. The Bertz CT molecular complexity index is 255. The van der Waals surface area contributed by atoms with Crippen molar-refractivity contribution in [2.75, 3.05) is 0 Å². The van der Waals surface area contributed by atoms with Crippen LogP contribution in [0, 0.1) is 0 Å². The average molecular weight is 266 g/mol. The summed E-state index contributed by atoms with van der Waals surface area (Å²) in [5.41, 5.74) is -1.49. The van der Waals surface area contributed by atoms with E-state index < -0.39 is 23.5 Å². The monoisotopic (exact) mass is 266 g/mol. The molecule has 0 bridgehead atoms. The van der Waals surface area contributed by atoms with E-state index in [9.17, 15) is 9.59 Å². The second-order valence-electron chi connectivity index (χ2n) is 5.23. The Balaban J connectivity index is 3.69. The van der Waals surface area contributed by atoms with E-state index in [0.717, 1.165) is 0 Å². The van der Waals surface area contributed by atoms with Crippen LogP contribution in [-0.2, 0) is 29.3 Å². The molecule has 0 unspecified atom stereocenters. The minimum atomic E-state index is -1.14. The Hall–Kier alpha value is -1.54. The molecular formula is C10H18O8. The van der Waals surface area contributed by atoms with E-state index in [-0.39, 0.29) is 0 Å². The van der Waals surface area contributed by atoms with Gasteiger partial charge in [0, 0.05) is 10.1 Å². The summed E-state index contributed by atoms with van der Waals surface area (Å²) in [7, 11) is 0. The zero-order valence-electron chi connectivity index (χ0n) is 11.3. The molecular weight excluding hydrogens is 248 g/mol. The number of ether oxygens (including phenoxy) is 2. The number of carbonyl (C=O) groups is 2. The van der Waals surface area contributed by atoms with Crippen molar-refractivity contribution in [3.8, 4) is 0 Å². The zero-order valence-corrected chi connectivity index (χ0v) is 11.3. The first kappa shape index (κ1) is 16.5. The van der Waals surface area contributed by atoms with Crippen molar-refractivity contribution in [2.45, 2.75) is 52.7 Å². The summed E-state index contributed by atoms with van der Waals surface area (Å²) in [6, 6.07) is 0. The molecule has 0 heterocycles. The average Bonchev–Trinajstić information content (AvgIpc) is 2.06. The number of rotatable bonds is 3. The molecule has 0 aromatic heterocycles. The predicted molar refractivity (Wildman–Crippen MR) is 56.8 cm³/mol. The fourth-order valence-electron chi connectivity index (χ4n) is 0.617. The van der Waals surface area contributed by atoms with Gasteiger partial charge in [-0.3, -0.25) is 0 Å². The second kappa shape index (κ2) is 6.41. The lowest BCUT2D eigenvalue weighted by atomic mass is 10.2. The van der Waals surface area contributed by atoms with Gasteiger partial charge < -0.3 is 9.47 Å². The van der Waals surface area contributed by atoms with Gasteiger partial charge in [0.1, 0.15) is 11.2 Å². The van der Waals surface area contributed by atoms with Crippen molar-refractivity contribution in [1.29, 1.82) is 0 Å². The highest BCUT2D eigenvalue weighted by Gasteiger charge is 2.21. The molecule has 8 heteroatoms. The fourth-order valence-corrected chi connectivity index (χ4v) is 0.617. The molecule has 0 rings (SSSR count). The molecule has 0 radical (unpaired) electrons. The minimum Gasteiger partial charge on any atom is -0.427 e. The summed E-state index contributed by atoms with van der Waals surface area (Å²) in [5, 5.41) is 7.66. The Morgan fingerprint density at radius 3 is 1.17 bits per heavy atom. The van der Waals surface area contributed by atoms with E-state index in [1.807, 2.05) is 0 Å². The van der Waals surface area contributed by atoms with Crippen LogP contribution in [-0.4, -0.2) is 23.5 Å². The summed E-state index contributed by atoms with van der Waals surface area (Å²) in [4.78, 5) is 29.8. The van der Waals surface area contributed by atoms with Gasteiger partial charge in [-0.2, -0.15) is 0 Å². The van der Waals surface area contributed by atoms with Crippen molar-refractivity contribution in [1.82, 2.24) is 0 Å². The van der Waals surface area contributed by atoms with Gasteiger partial charge in [0.2, 0.25) is 0 Å². The third kappa shape index (κ3) is 11.0. The maximum atomic E-state index is 10.9. The van der Waals surface area contributed by atoms with Crippen LogP contribution < -0.4 is 0 Å². The molecule has 0 aliphatic heterocycles. The van der Waals surface area contributed by atoms with Crippen molar-refractivity contribution in [3.05, 3.63) is 0 Å². The summed E-state index contributed by atoms with van der Waals surface area (Å²) < 4.78 is 9.37. The molecule has 18 heavy (non-hydrogen) atoms. The van der Waals surface area contributed by atoms with Crippen LogP contribution >= 0.6 is 0 Å². The van der Waals surface area contributed by atoms with Gasteiger partial charge in [0.05, 0.1) is 0 Å². The van der Waals surface area contributed by atoms with Crippen LogP contribution in [0.25, 0.3) is 0 Å². The first-order valence-electron chi connectivity index (χ1n) is 5.13. The predicted octanol–water partition coefficient (Wildman–Crippen LogP) is 2.67. The highest BCUT2D eigenvalue weighted by molar-refractivity contribution is 5.60. The summed E-state index contributed by atoms with van der Waals surface area (Å²) in [6.45, 7) is 9.79. The third-order valence-corrected chi connectivity index (χ3v) is 1.01. The molecule has 0 aliphatic rings. The van der Waals surface area contributed by atoms with Crippen LogP contribution in [0.2, 0.25) is 0 Å². The molecule has 0 saturated carbocycles. The first-order valence-corrected chi connectivity index (χ1v) is 5.13. The van der Waals surface area contributed by atoms with Crippen LogP contribution in [0.3, 0.4) is 0 Å². The highest BCUT2D eigenvalue weighted by Crippen LogP contribution is 2.09. The van der Waals surface area contributed by atoms with Crippen LogP contribution in [0.1, 0.15) is 41.5 Å². The maximum absolute atomic E-state index is 10.9. The lowest BCUT2D eigenvalue weighted by Gasteiger charge is -2.18. The van der Waals surface area contributed by atoms with E-state index in [2.05, 4.69) is 29.3 Å². The SMILES string of the molecule is CC(C)(C)OC(=O)OOOOC(=O)OC(C)(C)C. The summed E-state index contributed by atoms with van der Waals surface area (Å²) in [6.07, 6.45) is -2.29. The quantitative estimate of drug-likeness (QED) is 0.333. The first-order chi connectivity index (χ1) is 7.99. The van der Waals surface area contributed by atoms with Crippen molar-refractivity contribution < 1.29 is 38.9 Å². The van der Waals surface area contributed by atoms with Crippen molar-refractivity contribution in [2.24, 2.45) is 0 Å². The smallest absolute Gasteiger partial charge is 0.427 e. The van der Waals surface area contributed by atoms with E-state index in [4.69, 9.17) is 0 Å². The molecule has 0 saturated heterocycles. The van der Waals surface area contributed by atoms with Crippen molar-refractivity contribution >= 4 is 12.3 Å². The largest absolute Gasteiger partial charge is 0.543 e. The van der Waals surface area contributed by atoms with E-state index in [0.29, 0.717) is 0 Å². The second-order valence-corrected chi connectivity index (χ2v) is 5.23. The molecule has 0 amide bonds. The lowest BCUT2D eigenvalue weighted by Crippen LogP contribution is -2.26. The molecule has 0 aliphatic carbocycles. The maximum Gasteiger partial charge on any atom is 0.543 e.